The van der Waals surface area contributed by atoms with Crippen molar-refractivity contribution in [3.63, 3.8) is 0 Å². The molecular weight excluding hydrogens is 426 g/mol. The van der Waals surface area contributed by atoms with E-state index in [1.54, 1.807) is 31.2 Å². The predicted octanol–water partition coefficient (Wildman–Crippen LogP) is 4.87. The first kappa shape index (κ1) is 20.1. The van der Waals surface area contributed by atoms with E-state index in [-0.39, 0.29) is 22.2 Å². The summed E-state index contributed by atoms with van der Waals surface area (Å²) in [7, 11) is -2.07. The normalized spacial score (nSPS) is 14.6. The SMILES string of the molecule is Cc1c(OS(=O)(=O)c2ccccc2)ccc2c1OC(=Cc1cn(C)c3ccccc13)C2=O. The number of hydrogen-bond donors (Lipinski definition) is 0. The third kappa shape index (κ3) is 3.27. The number of carbonyl (C=O) groups is 1. The highest BCUT2D eigenvalue weighted by Crippen LogP contribution is 2.40. The van der Waals surface area contributed by atoms with Gasteiger partial charge in [0.2, 0.25) is 5.78 Å². The van der Waals surface area contributed by atoms with Crippen molar-refractivity contribution in [1.29, 1.82) is 0 Å². The van der Waals surface area contributed by atoms with Crippen molar-refractivity contribution in [2.75, 3.05) is 0 Å². The minimum atomic E-state index is -4.01. The Balaban J connectivity index is 1.50. The molecule has 0 atom stereocenters. The van der Waals surface area contributed by atoms with Crippen molar-refractivity contribution in [2.45, 2.75) is 11.8 Å². The summed E-state index contributed by atoms with van der Waals surface area (Å²) in [5, 5.41) is 1.00. The maximum atomic E-state index is 13.0. The maximum absolute atomic E-state index is 13.0. The van der Waals surface area contributed by atoms with Gasteiger partial charge in [-0.15, -0.1) is 0 Å². The molecular formula is C25H19NO5S. The van der Waals surface area contributed by atoms with Crippen LogP contribution in [0.25, 0.3) is 17.0 Å². The summed E-state index contributed by atoms with van der Waals surface area (Å²) < 4.78 is 38.5. The molecule has 5 rings (SSSR count). The molecule has 3 aromatic carbocycles. The summed E-state index contributed by atoms with van der Waals surface area (Å²) >= 11 is 0. The third-order valence-electron chi connectivity index (χ3n) is 5.48. The summed E-state index contributed by atoms with van der Waals surface area (Å²) in [5.74, 6) is 0.352. The molecule has 0 fully saturated rings. The van der Waals surface area contributed by atoms with E-state index in [4.69, 9.17) is 8.92 Å². The Labute approximate surface area is 185 Å². The van der Waals surface area contributed by atoms with Crippen LogP contribution >= 0.6 is 0 Å². The van der Waals surface area contributed by atoms with E-state index < -0.39 is 10.1 Å². The van der Waals surface area contributed by atoms with E-state index in [9.17, 15) is 13.2 Å². The van der Waals surface area contributed by atoms with Crippen LogP contribution in [-0.4, -0.2) is 18.8 Å². The summed E-state index contributed by atoms with van der Waals surface area (Å²) in [4.78, 5) is 13.0. The first-order valence-electron chi connectivity index (χ1n) is 9.96. The zero-order valence-electron chi connectivity index (χ0n) is 17.4. The van der Waals surface area contributed by atoms with Crippen LogP contribution < -0.4 is 8.92 Å². The van der Waals surface area contributed by atoms with Gasteiger partial charge in [0.1, 0.15) is 16.4 Å². The fourth-order valence-electron chi connectivity index (χ4n) is 3.84. The number of rotatable bonds is 4. The zero-order valence-corrected chi connectivity index (χ0v) is 18.2. The molecule has 0 radical (unpaired) electrons. The summed E-state index contributed by atoms with van der Waals surface area (Å²) in [6.45, 7) is 1.67. The van der Waals surface area contributed by atoms with Crippen LogP contribution in [0.15, 0.2) is 83.6 Å². The molecule has 0 bridgehead atoms. The molecule has 6 nitrogen and oxygen atoms in total. The molecule has 0 aliphatic carbocycles. The molecule has 0 saturated carbocycles. The smallest absolute Gasteiger partial charge is 0.339 e. The number of aromatic nitrogens is 1. The third-order valence-corrected chi connectivity index (χ3v) is 6.73. The van der Waals surface area contributed by atoms with Crippen LogP contribution in [0.1, 0.15) is 21.5 Å². The first-order valence-corrected chi connectivity index (χ1v) is 11.4. The van der Waals surface area contributed by atoms with E-state index in [2.05, 4.69) is 0 Å². The highest BCUT2D eigenvalue weighted by molar-refractivity contribution is 7.87. The van der Waals surface area contributed by atoms with E-state index in [0.29, 0.717) is 16.9 Å². The number of allylic oxidation sites excluding steroid dienone is 1. The number of aryl methyl sites for hydroxylation is 1. The van der Waals surface area contributed by atoms with Crippen molar-refractivity contribution in [3.8, 4) is 11.5 Å². The van der Waals surface area contributed by atoms with Crippen LogP contribution in [-0.2, 0) is 17.2 Å². The van der Waals surface area contributed by atoms with Gasteiger partial charge in [0.05, 0.1) is 5.56 Å². The molecule has 1 aliphatic heterocycles. The van der Waals surface area contributed by atoms with Crippen molar-refractivity contribution in [2.24, 2.45) is 7.05 Å². The molecule has 0 N–H and O–H groups in total. The van der Waals surface area contributed by atoms with Crippen LogP contribution in [0, 0.1) is 6.92 Å². The average molecular weight is 445 g/mol. The second-order valence-electron chi connectivity index (χ2n) is 7.57. The summed E-state index contributed by atoms with van der Waals surface area (Å²) in [5.41, 5.74) is 2.72. The topological polar surface area (TPSA) is 74.6 Å². The van der Waals surface area contributed by atoms with Crippen molar-refractivity contribution in [1.82, 2.24) is 4.57 Å². The Morgan fingerprint density at radius 2 is 1.69 bits per heavy atom. The number of Topliss-reactive ketones (excluding diaryl/α,β-unsaturated/α-hetero) is 1. The van der Waals surface area contributed by atoms with Gasteiger partial charge in [0, 0.05) is 35.3 Å². The number of fused-ring (bicyclic) bond motifs is 2. The molecule has 160 valence electrons. The van der Waals surface area contributed by atoms with Gasteiger partial charge in [-0.05, 0) is 43.3 Å². The summed E-state index contributed by atoms with van der Waals surface area (Å²) in [6.07, 6.45) is 3.65. The quantitative estimate of drug-likeness (QED) is 0.331. The molecule has 0 spiro atoms. The number of hydrogen-bond acceptors (Lipinski definition) is 5. The zero-order chi connectivity index (χ0) is 22.5. The molecule has 4 aromatic rings. The van der Waals surface area contributed by atoms with Crippen LogP contribution in [0.3, 0.4) is 0 Å². The lowest BCUT2D eigenvalue weighted by atomic mass is 10.1. The monoisotopic (exact) mass is 445 g/mol. The lowest BCUT2D eigenvalue weighted by molar-refractivity contribution is 0.101. The number of para-hydroxylation sites is 1. The van der Waals surface area contributed by atoms with Gasteiger partial charge in [-0.25, -0.2) is 0 Å². The van der Waals surface area contributed by atoms with Crippen LogP contribution in [0.2, 0.25) is 0 Å². The number of ether oxygens (including phenoxy) is 1. The van der Waals surface area contributed by atoms with Gasteiger partial charge in [-0.1, -0.05) is 36.4 Å². The Hall–Kier alpha value is -3.84. The van der Waals surface area contributed by atoms with E-state index in [0.717, 1.165) is 16.5 Å². The molecule has 7 heteroatoms. The molecule has 0 saturated heterocycles. The Morgan fingerprint density at radius 1 is 0.969 bits per heavy atom. The van der Waals surface area contributed by atoms with Gasteiger partial charge in [-0.2, -0.15) is 8.42 Å². The van der Waals surface area contributed by atoms with E-state index >= 15 is 0 Å². The molecule has 0 unspecified atom stereocenters. The molecule has 1 aromatic heterocycles. The number of nitrogens with zero attached hydrogens (tertiary/aromatic N) is 1. The molecule has 0 amide bonds. The van der Waals surface area contributed by atoms with Gasteiger partial charge in [-0.3, -0.25) is 4.79 Å². The summed E-state index contributed by atoms with van der Waals surface area (Å²) in [6, 6.07) is 18.8. The number of benzene rings is 3. The lowest BCUT2D eigenvalue weighted by Crippen LogP contribution is -2.10. The van der Waals surface area contributed by atoms with E-state index in [1.807, 2.05) is 42.1 Å². The fourth-order valence-corrected chi connectivity index (χ4v) is 4.84. The Morgan fingerprint density at radius 3 is 2.47 bits per heavy atom. The minimum absolute atomic E-state index is 0.0495. The second-order valence-corrected chi connectivity index (χ2v) is 9.11. The fraction of sp³-hybridized carbons (Fsp3) is 0.0800. The highest BCUT2D eigenvalue weighted by atomic mass is 32.2. The largest absolute Gasteiger partial charge is 0.452 e. The molecule has 32 heavy (non-hydrogen) atoms. The predicted molar refractivity (Wildman–Crippen MR) is 121 cm³/mol. The van der Waals surface area contributed by atoms with Crippen LogP contribution in [0.4, 0.5) is 0 Å². The van der Waals surface area contributed by atoms with Gasteiger partial charge < -0.3 is 13.5 Å². The number of carbonyl (C=O) groups excluding carboxylic acids is 1. The van der Waals surface area contributed by atoms with Gasteiger partial charge >= 0.3 is 10.1 Å². The Bertz CT molecular complexity index is 1510. The first-order chi connectivity index (χ1) is 15.3. The Kier molecular flexibility index (Phi) is 4.64. The van der Waals surface area contributed by atoms with E-state index in [1.165, 1.54) is 24.3 Å². The molecule has 1 aliphatic rings. The standard InChI is InChI=1S/C25H19NO5S/c1-16-22(31-32(28,29)18-8-4-3-5-9-18)13-12-20-24(27)23(30-25(16)20)14-17-15-26(2)21-11-7-6-10-19(17)21/h3-15H,1-2H3. The second kappa shape index (κ2) is 7.39. The minimum Gasteiger partial charge on any atom is -0.452 e. The van der Waals surface area contributed by atoms with Gasteiger partial charge in [0.25, 0.3) is 0 Å². The number of ketones is 1. The van der Waals surface area contributed by atoms with Gasteiger partial charge in [0.15, 0.2) is 5.76 Å². The highest BCUT2D eigenvalue weighted by Gasteiger charge is 2.31. The maximum Gasteiger partial charge on any atom is 0.339 e. The van der Waals surface area contributed by atoms with Crippen molar-refractivity contribution in [3.05, 3.63) is 95.4 Å². The van der Waals surface area contributed by atoms with Crippen molar-refractivity contribution >= 4 is 32.9 Å². The average Bonchev–Trinajstić information content (AvgIpc) is 3.28. The van der Waals surface area contributed by atoms with Crippen molar-refractivity contribution < 1.29 is 22.1 Å². The lowest BCUT2D eigenvalue weighted by Gasteiger charge is -2.11. The molecule has 2 heterocycles. The van der Waals surface area contributed by atoms with Crippen LogP contribution in [0.5, 0.6) is 11.5 Å².